The molecule has 33 heavy (non-hydrogen) atoms. The first kappa shape index (κ1) is 23.2. The smallest absolute Gasteiger partial charge is 0.338 e. The number of anilines is 1. The molecule has 0 bridgehead atoms. The zero-order valence-electron chi connectivity index (χ0n) is 17.2. The molecule has 2 aromatic carbocycles. The van der Waals surface area contributed by atoms with E-state index in [1.54, 1.807) is 12.1 Å². The summed E-state index contributed by atoms with van der Waals surface area (Å²) in [5, 5.41) is 6.48. The number of likely N-dealkylation sites (tertiary alicyclic amines) is 1. The molecule has 174 valence electrons. The molecule has 1 aromatic heterocycles. The van der Waals surface area contributed by atoms with E-state index in [9.17, 15) is 22.4 Å². The Morgan fingerprint density at radius 1 is 1.15 bits per heavy atom. The van der Waals surface area contributed by atoms with Crippen molar-refractivity contribution >= 4 is 23.2 Å². The molecule has 0 saturated carbocycles. The number of nitrogens with one attached hydrogen (secondary N) is 1. The minimum Gasteiger partial charge on any atom is -0.338 e. The molecule has 0 unspecified atom stereocenters. The molecule has 1 fully saturated rings. The maximum absolute atomic E-state index is 13.1. The summed E-state index contributed by atoms with van der Waals surface area (Å²) in [6.07, 6.45) is -3.50. The molecule has 4 rings (SSSR count). The van der Waals surface area contributed by atoms with Gasteiger partial charge >= 0.3 is 6.18 Å². The molecule has 0 spiro atoms. The number of carbonyl (C=O) groups is 1. The lowest BCUT2D eigenvalue weighted by Gasteiger charge is -2.30. The maximum Gasteiger partial charge on any atom is 0.416 e. The topological polar surface area (TPSA) is 71.3 Å². The highest BCUT2D eigenvalue weighted by molar-refractivity contribution is 6.33. The van der Waals surface area contributed by atoms with Crippen molar-refractivity contribution in [3.05, 3.63) is 64.8 Å². The second-order valence-electron chi connectivity index (χ2n) is 7.75. The van der Waals surface area contributed by atoms with E-state index in [1.165, 1.54) is 12.1 Å². The molecule has 2 heterocycles. The van der Waals surface area contributed by atoms with Crippen molar-refractivity contribution in [3.63, 3.8) is 0 Å². The van der Waals surface area contributed by atoms with Crippen LogP contribution in [0.3, 0.4) is 0 Å². The summed E-state index contributed by atoms with van der Waals surface area (Å²) in [7, 11) is 0. The number of nitrogens with zero attached hydrogens (tertiary/aromatic N) is 3. The molecule has 6 nitrogen and oxygen atoms in total. The van der Waals surface area contributed by atoms with E-state index in [0.29, 0.717) is 49.8 Å². The molecule has 0 aliphatic carbocycles. The summed E-state index contributed by atoms with van der Waals surface area (Å²) in [6.45, 7) is 1.54. The van der Waals surface area contributed by atoms with Crippen molar-refractivity contribution < 1.29 is 26.9 Å². The second kappa shape index (κ2) is 9.48. The number of halogens is 5. The lowest BCUT2D eigenvalue weighted by atomic mass is 9.95. The molecule has 1 saturated heterocycles. The van der Waals surface area contributed by atoms with Gasteiger partial charge < -0.3 is 9.84 Å². The first-order valence-corrected chi connectivity index (χ1v) is 10.6. The Morgan fingerprint density at radius 2 is 1.85 bits per heavy atom. The predicted octanol–water partition coefficient (Wildman–Crippen LogP) is 5.40. The fourth-order valence-corrected chi connectivity index (χ4v) is 3.78. The fourth-order valence-electron chi connectivity index (χ4n) is 3.61. The van der Waals surface area contributed by atoms with E-state index in [2.05, 4.69) is 15.5 Å². The van der Waals surface area contributed by atoms with Crippen LogP contribution in [0.4, 0.5) is 23.2 Å². The van der Waals surface area contributed by atoms with Gasteiger partial charge in [-0.1, -0.05) is 16.8 Å². The van der Waals surface area contributed by atoms with Crippen LogP contribution in [0.15, 0.2) is 47.0 Å². The Labute approximate surface area is 191 Å². The van der Waals surface area contributed by atoms with Crippen LogP contribution in [0.2, 0.25) is 5.02 Å². The van der Waals surface area contributed by atoms with Crippen LogP contribution in [0.25, 0.3) is 11.4 Å². The summed E-state index contributed by atoms with van der Waals surface area (Å²) in [5.74, 6) is -0.327. The second-order valence-corrected chi connectivity index (χ2v) is 8.16. The molecule has 1 N–H and O–H groups in total. The minimum atomic E-state index is -4.53. The van der Waals surface area contributed by atoms with Crippen LogP contribution in [0.5, 0.6) is 0 Å². The lowest BCUT2D eigenvalue weighted by Crippen LogP contribution is -2.37. The number of hydrogen-bond acceptors (Lipinski definition) is 5. The Hall–Kier alpha value is -2.98. The van der Waals surface area contributed by atoms with Gasteiger partial charge in [0.2, 0.25) is 17.6 Å². The third kappa shape index (κ3) is 5.69. The van der Waals surface area contributed by atoms with Crippen molar-refractivity contribution in [2.45, 2.75) is 25.6 Å². The molecule has 1 aliphatic heterocycles. The van der Waals surface area contributed by atoms with E-state index >= 15 is 0 Å². The lowest BCUT2D eigenvalue weighted by molar-refractivity contribution is -0.137. The number of benzene rings is 2. The SMILES string of the molecule is O=C(Nc1cc(C(F)(F)F)ccc1Cl)C1CCN(Cc2nc(-c3ccc(F)cc3)no2)CC1. The minimum absolute atomic E-state index is 0.0436. The van der Waals surface area contributed by atoms with Crippen LogP contribution in [0.1, 0.15) is 24.3 Å². The molecule has 11 heteroatoms. The highest BCUT2D eigenvalue weighted by atomic mass is 35.5. The third-order valence-electron chi connectivity index (χ3n) is 5.44. The normalized spacial score (nSPS) is 15.5. The van der Waals surface area contributed by atoms with Gasteiger partial charge in [0, 0.05) is 11.5 Å². The van der Waals surface area contributed by atoms with E-state index < -0.39 is 11.7 Å². The van der Waals surface area contributed by atoms with Crippen LogP contribution in [-0.4, -0.2) is 34.0 Å². The number of rotatable bonds is 5. The molecule has 1 aliphatic rings. The predicted molar refractivity (Wildman–Crippen MR) is 113 cm³/mol. The van der Waals surface area contributed by atoms with Crippen molar-refractivity contribution in [2.75, 3.05) is 18.4 Å². The monoisotopic (exact) mass is 482 g/mol. The maximum atomic E-state index is 13.1. The van der Waals surface area contributed by atoms with Gasteiger partial charge in [0.1, 0.15) is 5.82 Å². The van der Waals surface area contributed by atoms with Crippen LogP contribution in [0, 0.1) is 11.7 Å². The van der Waals surface area contributed by atoms with E-state index in [-0.39, 0.29) is 28.4 Å². The Kier molecular flexibility index (Phi) is 6.66. The first-order valence-electron chi connectivity index (χ1n) is 10.2. The quantitative estimate of drug-likeness (QED) is 0.493. The number of piperidine rings is 1. The Morgan fingerprint density at radius 3 is 2.52 bits per heavy atom. The van der Waals surface area contributed by atoms with Gasteiger partial charge in [-0.2, -0.15) is 18.2 Å². The van der Waals surface area contributed by atoms with Gasteiger partial charge in [0.25, 0.3) is 0 Å². The molecule has 3 aromatic rings. The summed E-state index contributed by atoms with van der Waals surface area (Å²) >= 11 is 5.96. The first-order chi connectivity index (χ1) is 15.7. The third-order valence-corrected chi connectivity index (χ3v) is 5.77. The van der Waals surface area contributed by atoms with Crippen LogP contribution < -0.4 is 5.32 Å². The molecular formula is C22H19ClF4N4O2. The van der Waals surface area contributed by atoms with Gasteiger partial charge in [0.15, 0.2) is 0 Å². The Bertz CT molecular complexity index is 1130. The van der Waals surface area contributed by atoms with Crippen molar-refractivity contribution in [1.82, 2.24) is 15.0 Å². The molecule has 1 amide bonds. The number of carbonyl (C=O) groups excluding carboxylic acids is 1. The highest BCUT2D eigenvalue weighted by Crippen LogP contribution is 2.34. The molecular weight excluding hydrogens is 464 g/mol. The Balaban J connectivity index is 1.31. The molecule has 0 radical (unpaired) electrons. The number of hydrogen-bond donors (Lipinski definition) is 1. The van der Waals surface area contributed by atoms with Crippen LogP contribution >= 0.6 is 11.6 Å². The van der Waals surface area contributed by atoms with E-state index in [4.69, 9.17) is 16.1 Å². The van der Waals surface area contributed by atoms with Gasteiger partial charge in [-0.05, 0) is 68.4 Å². The average molecular weight is 483 g/mol. The van der Waals surface area contributed by atoms with Crippen molar-refractivity contribution in [1.29, 1.82) is 0 Å². The summed E-state index contributed by atoms with van der Waals surface area (Å²) in [5.41, 5.74) is -0.301. The van der Waals surface area contributed by atoms with Crippen LogP contribution in [-0.2, 0) is 17.5 Å². The van der Waals surface area contributed by atoms with Gasteiger partial charge in [-0.3, -0.25) is 9.69 Å². The zero-order valence-corrected chi connectivity index (χ0v) is 18.0. The van der Waals surface area contributed by atoms with Gasteiger partial charge in [-0.25, -0.2) is 4.39 Å². The number of aromatic nitrogens is 2. The largest absolute Gasteiger partial charge is 0.416 e. The van der Waals surface area contributed by atoms with Crippen molar-refractivity contribution in [3.8, 4) is 11.4 Å². The highest BCUT2D eigenvalue weighted by Gasteiger charge is 2.32. The van der Waals surface area contributed by atoms with E-state index in [1.807, 2.05) is 4.90 Å². The summed E-state index contributed by atoms with van der Waals surface area (Å²) < 4.78 is 57.1. The molecule has 0 atom stereocenters. The van der Waals surface area contributed by atoms with Gasteiger partial charge in [0.05, 0.1) is 22.8 Å². The average Bonchev–Trinajstić information content (AvgIpc) is 3.24. The zero-order chi connectivity index (χ0) is 23.6. The number of amides is 1. The van der Waals surface area contributed by atoms with E-state index in [0.717, 1.165) is 18.2 Å². The fraction of sp³-hybridized carbons (Fsp3) is 0.318. The van der Waals surface area contributed by atoms with Gasteiger partial charge in [-0.15, -0.1) is 0 Å². The van der Waals surface area contributed by atoms with Crippen molar-refractivity contribution in [2.24, 2.45) is 5.92 Å². The standard InChI is InChI=1S/C22H19ClF4N4O2/c23-17-6-3-15(22(25,26)27)11-18(17)28-21(32)14-7-9-31(10-8-14)12-19-29-20(30-33-19)13-1-4-16(24)5-2-13/h1-6,11,14H,7-10,12H2,(H,28,32). The summed E-state index contributed by atoms with van der Waals surface area (Å²) in [6, 6.07) is 8.57. The number of alkyl halides is 3. The summed E-state index contributed by atoms with van der Waals surface area (Å²) in [4.78, 5) is 19.0.